The number of nitroso groups, excluding NO2 is 1. The van der Waals surface area contributed by atoms with Gasteiger partial charge in [0.05, 0.1) is 11.9 Å². The molecule has 0 radical (unpaired) electrons. The number of hydrogen-bond donors (Lipinski definition) is 1. The molecule has 0 aromatic heterocycles. The molecule has 1 amide bonds. The molecule has 5 nitrogen and oxygen atoms in total. The summed E-state index contributed by atoms with van der Waals surface area (Å²) in [5.74, 6) is 0. The van der Waals surface area contributed by atoms with E-state index in [1.807, 2.05) is 0 Å². The zero-order chi connectivity index (χ0) is 6.41. The topological polar surface area (TPSA) is 67.8 Å². The minimum absolute atomic E-state index is 0.237. The van der Waals surface area contributed by atoms with Crippen molar-refractivity contribution in [3.8, 4) is 0 Å². The van der Waals surface area contributed by atoms with Crippen molar-refractivity contribution in [3.05, 3.63) is 4.91 Å². The molecule has 1 N–H and O–H groups in total. The molecule has 0 unspecified atom stereocenters. The Morgan fingerprint density at radius 1 is 1.88 bits per heavy atom. The van der Waals surface area contributed by atoms with Gasteiger partial charge in [-0.15, -0.1) is 4.91 Å². The van der Waals surface area contributed by atoms with E-state index in [0.717, 1.165) is 0 Å². The van der Waals surface area contributed by atoms with Crippen LogP contribution in [0.2, 0.25) is 0 Å². The van der Waals surface area contributed by atoms with Gasteiger partial charge in [0.15, 0.2) is 0 Å². The lowest BCUT2D eigenvalue weighted by Gasteiger charge is -1.93. The van der Waals surface area contributed by atoms with Crippen LogP contribution in [0.1, 0.15) is 6.92 Å². The van der Waals surface area contributed by atoms with Crippen LogP contribution in [0.4, 0.5) is 4.79 Å². The highest BCUT2D eigenvalue weighted by Crippen LogP contribution is 1.73. The standard InChI is InChI=1S/C3H6N2O3/c1-2-8-3(6)4-5-7/h2H2,1H3,(H,4,6,7). The largest absolute Gasteiger partial charge is 0.449 e. The lowest BCUT2D eigenvalue weighted by Crippen LogP contribution is -2.17. The first-order valence-corrected chi connectivity index (χ1v) is 2.06. The summed E-state index contributed by atoms with van der Waals surface area (Å²) in [6, 6.07) is 0. The van der Waals surface area contributed by atoms with E-state index in [-0.39, 0.29) is 6.61 Å². The maximum absolute atomic E-state index is 10.0. The number of nitrogens with one attached hydrogen (secondary N) is 1. The SMILES string of the molecule is CCOC(=O)NN=O. The monoisotopic (exact) mass is 118 g/mol. The molecule has 0 aromatic rings. The van der Waals surface area contributed by atoms with Gasteiger partial charge in [-0.2, -0.15) is 5.43 Å². The first-order valence-electron chi connectivity index (χ1n) is 2.06. The molecule has 0 aliphatic carbocycles. The summed E-state index contributed by atoms with van der Waals surface area (Å²) in [6.07, 6.45) is -0.817. The van der Waals surface area contributed by atoms with Crippen LogP contribution in [-0.4, -0.2) is 12.7 Å². The number of hydrogen-bond acceptors (Lipinski definition) is 4. The number of carbonyl (C=O) groups excluding carboxylic acids is 1. The van der Waals surface area contributed by atoms with E-state index < -0.39 is 6.09 Å². The average Bonchev–Trinajstić information content (AvgIpc) is 1.68. The lowest BCUT2D eigenvalue weighted by molar-refractivity contribution is 0.152. The van der Waals surface area contributed by atoms with Gasteiger partial charge in [0.1, 0.15) is 0 Å². The normalized spacial score (nSPS) is 7.62. The van der Waals surface area contributed by atoms with Crippen LogP contribution in [-0.2, 0) is 4.74 Å². The van der Waals surface area contributed by atoms with Crippen molar-refractivity contribution in [2.24, 2.45) is 5.29 Å². The Kier molecular flexibility index (Phi) is 3.47. The van der Waals surface area contributed by atoms with Crippen molar-refractivity contribution in [2.45, 2.75) is 6.92 Å². The van der Waals surface area contributed by atoms with Gasteiger partial charge in [-0.1, -0.05) is 0 Å². The number of amides is 1. The number of carbonyl (C=O) groups is 1. The molecular formula is C3H6N2O3. The van der Waals surface area contributed by atoms with Crippen molar-refractivity contribution in [3.63, 3.8) is 0 Å². The van der Waals surface area contributed by atoms with E-state index in [1.165, 1.54) is 0 Å². The van der Waals surface area contributed by atoms with Gasteiger partial charge in [-0.3, -0.25) is 0 Å². The van der Waals surface area contributed by atoms with Crippen LogP contribution in [0.25, 0.3) is 0 Å². The van der Waals surface area contributed by atoms with Crippen LogP contribution in [0.5, 0.6) is 0 Å². The Morgan fingerprint density at radius 2 is 2.50 bits per heavy atom. The predicted octanol–water partition coefficient (Wildman–Crippen LogP) is 0.414. The minimum Gasteiger partial charge on any atom is -0.449 e. The fourth-order valence-corrected chi connectivity index (χ4v) is 0.201. The van der Waals surface area contributed by atoms with Gasteiger partial charge in [0.2, 0.25) is 0 Å². The molecule has 0 aromatic carbocycles. The van der Waals surface area contributed by atoms with E-state index in [4.69, 9.17) is 0 Å². The summed E-state index contributed by atoms with van der Waals surface area (Å²) in [5, 5.41) is 2.08. The summed E-state index contributed by atoms with van der Waals surface area (Å²) in [4.78, 5) is 19.2. The van der Waals surface area contributed by atoms with Crippen LogP contribution >= 0.6 is 0 Å². The van der Waals surface area contributed by atoms with Gasteiger partial charge in [-0.25, -0.2) is 4.79 Å². The molecule has 0 aliphatic rings. The third kappa shape index (κ3) is 3.08. The van der Waals surface area contributed by atoms with Gasteiger partial charge in [0, 0.05) is 0 Å². The number of rotatable bonds is 2. The Hall–Kier alpha value is -1.13. The van der Waals surface area contributed by atoms with E-state index in [1.54, 1.807) is 12.3 Å². The summed E-state index contributed by atoms with van der Waals surface area (Å²) in [5.41, 5.74) is 1.55. The van der Waals surface area contributed by atoms with Gasteiger partial charge >= 0.3 is 6.09 Å². The van der Waals surface area contributed by atoms with Crippen LogP contribution in [0, 0.1) is 4.91 Å². The van der Waals surface area contributed by atoms with Crippen molar-refractivity contribution >= 4 is 6.09 Å². The summed E-state index contributed by atoms with van der Waals surface area (Å²) in [7, 11) is 0. The van der Waals surface area contributed by atoms with Gasteiger partial charge in [-0.05, 0) is 6.92 Å². The van der Waals surface area contributed by atoms with E-state index in [2.05, 4.69) is 10.0 Å². The fourth-order valence-electron chi connectivity index (χ4n) is 0.201. The molecule has 0 aliphatic heterocycles. The second-order valence-corrected chi connectivity index (χ2v) is 0.924. The highest BCUT2D eigenvalue weighted by molar-refractivity contribution is 5.66. The second-order valence-electron chi connectivity index (χ2n) is 0.924. The lowest BCUT2D eigenvalue weighted by atomic mass is 10.9. The fraction of sp³-hybridized carbons (Fsp3) is 0.667. The molecule has 0 fully saturated rings. The van der Waals surface area contributed by atoms with E-state index in [9.17, 15) is 9.70 Å². The quantitative estimate of drug-likeness (QED) is 0.422. The van der Waals surface area contributed by atoms with Gasteiger partial charge < -0.3 is 4.74 Å². The molecule has 46 valence electrons. The molecule has 5 heteroatoms. The van der Waals surface area contributed by atoms with Crippen molar-refractivity contribution in [1.82, 2.24) is 5.43 Å². The van der Waals surface area contributed by atoms with Crippen molar-refractivity contribution < 1.29 is 9.53 Å². The smallest absolute Gasteiger partial charge is 0.430 e. The predicted molar refractivity (Wildman–Crippen MR) is 26.0 cm³/mol. The van der Waals surface area contributed by atoms with E-state index >= 15 is 0 Å². The molecule has 0 rings (SSSR count). The zero-order valence-electron chi connectivity index (χ0n) is 4.38. The Labute approximate surface area is 46.0 Å². The molecule has 0 spiro atoms. The first kappa shape index (κ1) is 6.87. The number of nitrogens with zero attached hydrogens (tertiary/aromatic N) is 1. The van der Waals surface area contributed by atoms with Crippen molar-refractivity contribution in [2.75, 3.05) is 6.61 Å². The highest BCUT2D eigenvalue weighted by atomic mass is 16.6. The van der Waals surface area contributed by atoms with Crippen LogP contribution in [0.15, 0.2) is 5.29 Å². The average molecular weight is 118 g/mol. The van der Waals surface area contributed by atoms with Crippen LogP contribution in [0.3, 0.4) is 0 Å². The van der Waals surface area contributed by atoms with Crippen LogP contribution < -0.4 is 5.43 Å². The Morgan fingerprint density at radius 3 is 2.88 bits per heavy atom. The maximum atomic E-state index is 10.0. The third-order valence-corrected chi connectivity index (χ3v) is 0.412. The number of ether oxygens (including phenoxy) is 1. The molecule has 0 saturated carbocycles. The maximum Gasteiger partial charge on any atom is 0.430 e. The molecular weight excluding hydrogens is 112 g/mol. The first-order chi connectivity index (χ1) is 3.81. The molecule has 0 saturated heterocycles. The highest BCUT2D eigenvalue weighted by Gasteiger charge is 1.94. The summed E-state index contributed by atoms with van der Waals surface area (Å²) >= 11 is 0. The molecule has 8 heavy (non-hydrogen) atoms. The zero-order valence-corrected chi connectivity index (χ0v) is 4.38. The summed E-state index contributed by atoms with van der Waals surface area (Å²) in [6.45, 7) is 1.87. The van der Waals surface area contributed by atoms with Crippen molar-refractivity contribution in [1.29, 1.82) is 0 Å². The molecule has 0 atom stereocenters. The van der Waals surface area contributed by atoms with Gasteiger partial charge in [0.25, 0.3) is 0 Å². The summed E-state index contributed by atoms with van der Waals surface area (Å²) < 4.78 is 4.24. The third-order valence-electron chi connectivity index (χ3n) is 0.412. The minimum atomic E-state index is -0.817. The molecule has 0 bridgehead atoms. The van der Waals surface area contributed by atoms with E-state index in [0.29, 0.717) is 0 Å². The Bertz CT molecular complexity index is 92.5. The second kappa shape index (κ2) is 4.04. The molecule has 0 heterocycles. The Balaban J connectivity index is 3.18.